The minimum Gasteiger partial charge on any atom is -0.0936 e. The van der Waals surface area contributed by atoms with E-state index in [1.165, 1.54) is 11.1 Å². The minimum atomic E-state index is 0.539. The first-order valence-corrected chi connectivity index (χ1v) is 4.83. The summed E-state index contributed by atoms with van der Waals surface area (Å²) >= 11 is 0. The van der Waals surface area contributed by atoms with Crippen molar-refractivity contribution in [1.29, 1.82) is 0 Å². The number of hydrogen-bond donors (Lipinski definition) is 0. The lowest BCUT2D eigenvalue weighted by atomic mass is 10.0. The van der Waals surface area contributed by atoms with E-state index in [0.717, 1.165) is 6.42 Å². The second-order valence-electron chi connectivity index (χ2n) is 3.60. The maximum atomic E-state index is 8.12. The van der Waals surface area contributed by atoms with Crippen molar-refractivity contribution in [3.05, 3.63) is 45.8 Å². The highest BCUT2D eigenvalue weighted by atomic mass is 15.1. The number of nitrogens with zero attached hydrogens (tertiary/aromatic N) is 3. The van der Waals surface area contributed by atoms with Crippen LogP contribution in [0.3, 0.4) is 0 Å². The van der Waals surface area contributed by atoms with Crippen molar-refractivity contribution in [2.75, 3.05) is 6.54 Å². The van der Waals surface area contributed by atoms with Gasteiger partial charge >= 0.3 is 0 Å². The van der Waals surface area contributed by atoms with E-state index < -0.39 is 0 Å². The van der Waals surface area contributed by atoms with Crippen molar-refractivity contribution in [3.63, 3.8) is 0 Å². The monoisotopic (exact) mass is 189 g/mol. The van der Waals surface area contributed by atoms with E-state index in [0.29, 0.717) is 12.5 Å². The topological polar surface area (TPSA) is 48.8 Å². The summed E-state index contributed by atoms with van der Waals surface area (Å²) < 4.78 is 0. The zero-order valence-corrected chi connectivity index (χ0v) is 8.64. The molecule has 0 fully saturated rings. The second kappa shape index (κ2) is 5.30. The summed E-state index contributed by atoms with van der Waals surface area (Å²) in [7, 11) is 0. The molecule has 0 saturated carbocycles. The van der Waals surface area contributed by atoms with Gasteiger partial charge in [0.2, 0.25) is 0 Å². The maximum Gasteiger partial charge on any atom is 0.0298 e. The first kappa shape index (κ1) is 10.6. The Morgan fingerprint density at radius 2 is 1.93 bits per heavy atom. The molecule has 1 aromatic carbocycles. The van der Waals surface area contributed by atoms with E-state index in [1.54, 1.807) is 0 Å². The van der Waals surface area contributed by atoms with Gasteiger partial charge in [-0.3, -0.25) is 0 Å². The van der Waals surface area contributed by atoms with E-state index in [9.17, 15) is 0 Å². The van der Waals surface area contributed by atoms with E-state index in [1.807, 2.05) is 0 Å². The van der Waals surface area contributed by atoms with Crippen LogP contribution in [0, 0.1) is 0 Å². The summed E-state index contributed by atoms with van der Waals surface area (Å²) in [4.78, 5) is 2.72. The van der Waals surface area contributed by atoms with Crippen molar-refractivity contribution < 1.29 is 0 Å². The molecule has 74 valence electrons. The van der Waals surface area contributed by atoms with E-state index in [-0.39, 0.29) is 0 Å². The van der Waals surface area contributed by atoms with Crippen LogP contribution in [0.5, 0.6) is 0 Å². The lowest BCUT2D eigenvalue weighted by Gasteiger charge is -2.05. The Morgan fingerprint density at radius 3 is 2.43 bits per heavy atom. The number of benzene rings is 1. The number of hydrogen-bond acceptors (Lipinski definition) is 1. The average molecular weight is 189 g/mol. The van der Waals surface area contributed by atoms with Crippen LogP contribution in [-0.4, -0.2) is 6.54 Å². The second-order valence-corrected chi connectivity index (χ2v) is 3.60. The first-order valence-electron chi connectivity index (χ1n) is 4.83. The fraction of sp³-hybridized carbons (Fsp3) is 0.455. The molecule has 0 N–H and O–H groups in total. The fourth-order valence-electron chi connectivity index (χ4n) is 1.29. The molecule has 0 radical (unpaired) electrons. The van der Waals surface area contributed by atoms with Crippen molar-refractivity contribution >= 4 is 0 Å². The molecule has 0 bridgehead atoms. The Morgan fingerprint density at radius 1 is 1.29 bits per heavy atom. The molecule has 0 atom stereocenters. The van der Waals surface area contributed by atoms with Crippen LogP contribution in [0.4, 0.5) is 0 Å². The molecule has 0 amide bonds. The smallest absolute Gasteiger partial charge is 0.0298 e. The van der Waals surface area contributed by atoms with Crippen molar-refractivity contribution in [1.82, 2.24) is 0 Å². The van der Waals surface area contributed by atoms with Gasteiger partial charge in [-0.05, 0) is 29.0 Å². The molecule has 14 heavy (non-hydrogen) atoms. The largest absolute Gasteiger partial charge is 0.0936 e. The molecule has 0 aliphatic rings. The van der Waals surface area contributed by atoms with Crippen LogP contribution in [0.25, 0.3) is 10.4 Å². The molecule has 0 aliphatic heterocycles. The van der Waals surface area contributed by atoms with Gasteiger partial charge in [-0.25, -0.2) is 0 Å². The van der Waals surface area contributed by atoms with Crippen molar-refractivity contribution in [2.45, 2.75) is 26.2 Å². The summed E-state index contributed by atoms with van der Waals surface area (Å²) in [5, 5.41) is 3.51. The van der Waals surface area contributed by atoms with Gasteiger partial charge in [-0.1, -0.05) is 43.2 Å². The molecule has 0 heterocycles. The molecule has 0 saturated heterocycles. The van der Waals surface area contributed by atoms with Gasteiger partial charge in [-0.15, -0.1) is 0 Å². The summed E-state index contributed by atoms with van der Waals surface area (Å²) in [6.07, 6.45) is 0.822. The molecule has 3 heteroatoms. The summed E-state index contributed by atoms with van der Waals surface area (Å²) in [5.74, 6) is 0.571. The van der Waals surface area contributed by atoms with Crippen molar-refractivity contribution in [2.24, 2.45) is 5.11 Å². The van der Waals surface area contributed by atoms with Crippen LogP contribution in [0.15, 0.2) is 29.4 Å². The predicted octanol–water partition coefficient (Wildman–Crippen LogP) is 3.66. The van der Waals surface area contributed by atoms with Crippen LogP contribution >= 0.6 is 0 Å². The van der Waals surface area contributed by atoms with Crippen LogP contribution in [0.2, 0.25) is 0 Å². The Bertz CT molecular complexity index is 321. The number of rotatable bonds is 4. The SMILES string of the molecule is CC(C)c1ccc(CCN=[N+]=[N-])cc1. The molecule has 1 rings (SSSR count). The number of azide groups is 1. The summed E-state index contributed by atoms with van der Waals surface area (Å²) in [6.45, 7) is 4.89. The molecular weight excluding hydrogens is 174 g/mol. The Kier molecular flexibility index (Phi) is 4.02. The zero-order valence-electron chi connectivity index (χ0n) is 8.64. The van der Waals surface area contributed by atoms with E-state index in [4.69, 9.17) is 5.53 Å². The standard InChI is InChI=1S/C11H15N3/c1-9(2)11-5-3-10(4-6-11)7-8-13-14-12/h3-6,9H,7-8H2,1-2H3. The normalized spacial score (nSPS) is 9.93. The van der Waals surface area contributed by atoms with E-state index >= 15 is 0 Å². The summed E-state index contributed by atoms with van der Waals surface area (Å²) in [5.41, 5.74) is 10.7. The molecule has 1 aromatic rings. The van der Waals surface area contributed by atoms with E-state index in [2.05, 4.69) is 48.1 Å². The molecular formula is C11H15N3. The third-order valence-electron chi connectivity index (χ3n) is 2.21. The van der Waals surface area contributed by atoms with Gasteiger partial charge in [0.1, 0.15) is 0 Å². The Labute approximate surface area is 84.4 Å². The first-order chi connectivity index (χ1) is 6.74. The van der Waals surface area contributed by atoms with Crippen LogP contribution in [-0.2, 0) is 6.42 Å². The Balaban J connectivity index is 2.59. The third kappa shape index (κ3) is 3.11. The molecule has 0 unspecified atom stereocenters. The van der Waals surface area contributed by atoms with Gasteiger partial charge in [0.15, 0.2) is 0 Å². The summed E-state index contributed by atoms with van der Waals surface area (Å²) in [6, 6.07) is 8.47. The quantitative estimate of drug-likeness (QED) is 0.394. The van der Waals surface area contributed by atoms with Gasteiger partial charge in [-0.2, -0.15) is 0 Å². The zero-order chi connectivity index (χ0) is 10.4. The molecule has 0 aromatic heterocycles. The van der Waals surface area contributed by atoms with Crippen molar-refractivity contribution in [3.8, 4) is 0 Å². The van der Waals surface area contributed by atoms with Gasteiger partial charge < -0.3 is 0 Å². The third-order valence-corrected chi connectivity index (χ3v) is 2.21. The average Bonchev–Trinajstić information content (AvgIpc) is 2.19. The highest BCUT2D eigenvalue weighted by Crippen LogP contribution is 2.14. The molecule has 0 aliphatic carbocycles. The lowest BCUT2D eigenvalue weighted by molar-refractivity contribution is 0.863. The maximum absolute atomic E-state index is 8.12. The van der Waals surface area contributed by atoms with Gasteiger partial charge in [0, 0.05) is 11.5 Å². The highest BCUT2D eigenvalue weighted by molar-refractivity contribution is 5.24. The van der Waals surface area contributed by atoms with Gasteiger partial charge in [0.05, 0.1) is 0 Å². The Hall–Kier alpha value is -1.47. The highest BCUT2D eigenvalue weighted by Gasteiger charge is 1.98. The molecule has 3 nitrogen and oxygen atoms in total. The minimum absolute atomic E-state index is 0.539. The predicted molar refractivity (Wildman–Crippen MR) is 58.2 cm³/mol. The van der Waals surface area contributed by atoms with Crippen LogP contribution < -0.4 is 0 Å². The van der Waals surface area contributed by atoms with Crippen LogP contribution in [0.1, 0.15) is 30.9 Å². The van der Waals surface area contributed by atoms with Gasteiger partial charge in [0.25, 0.3) is 0 Å². The molecule has 0 spiro atoms. The lowest BCUT2D eigenvalue weighted by Crippen LogP contribution is -1.91. The fourth-order valence-corrected chi connectivity index (χ4v) is 1.29.